The summed E-state index contributed by atoms with van der Waals surface area (Å²) in [7, 11) is 0. The lowest BCUT2D eigenvalue weighted by atomic mass is 10.2. The highest BCUT2D eigenvalue weighted by atomic mass is 79.9. The van der Waals surface area contributed by atoms with Crippen molar-refractivity contribution >= 4 is 33.6 Å². The van der Waals surface area contributed by atoms with Crippen molar-refractivity contribution in [2.75, 3.05) is 23.9 Å². The van der Waals surface area contributed by atoms with Gasteiger partial charge in [-0.25, -0.2) is 0 Å². The second-order valence-corrected chi connectivity index (χ2v) is 4.62. The molecule has 0 atom stereocenters. The zero-order valence-corrected chi connectivity index (χ0v) is 10.5. The summed E-state index contributed by atoms with van der Waals surface area (Å²) in [5.74, 6) is 1.11. The molecule has 0 aromatic rings. The fourth-order valence-electron chi connectivity index (χ4n) is 0.907. The van der Waals surface area contributed by atoms with Crippen LogP contribution >= 0.6 is 27.7 Å². The Morgan fingerprint density at radius 1 is 1.38 bits per heavy atom. The molecule has 0 aromatic carbocycles. The SMILES string of the molecule is CSCCC(=O)NCCCCCBr. The van der Waals surface area contributed by atoms with Crippen molar-refractivity contribution in [2.24, 2.45) is 0 Å². The van der Waals surface area contributed by atoms with Gasteiger partial charge in [0.25, 0.3) is 0 Å². The quantitative estimate of drug-likeness (QED) is 0.541. The first-order chi connectivity index (χ1) is 6.31. The lowest BCUT2D eigenvalue weighted by molar-refractivity contribution is -0.120. The molecule has 1 N–H and O–H groups in total. The number of unbranched alkanes of at least 4 members (excludes halogenated alkanes) is 2. The van der Waals surface area contributed by atoms with E-state index in [0.717, 1.165) is 24.0 Å². The molecule has 4 heteroatoms. The molecule has 0 radical (unpaired) electrons. The van der Waals surface area contributed by atoms with Crippen molar-refractivity contribution in [3.63, 3.8) is 0 Å². The summed E-state index contributed by atoms with van der Waals surface area (Å²) in [4.78, 5) is 11.1. The van der Waals surface area contributed by atoms with E-state index in [-0.39, 0.29) is 5.91 Å². The van der Waals surface area contributed by atoms with E-state index in [0.29, 0.717) is 6.42 Å². The number of hydrogen-bond donors (Lipinski definition) is 1. The third kappa shape index (κ3) is 10.2. The van der Waals surface area contributed by atoms with Gasteiger partial charge >= 0.3 is 0 Å². The topological polar surface area (TPSA) is 29.1 Å². The van der Waals surface area contributed by atoms with Crippen LogP contribution in [0.25, 0.3) is 0 Å². The van der Waals surface area contributed by atoms with Crippen LogP contribution in [0.3, 0.4) is 0 Å². The second kappa shape index (κ2) is 10.4. The number of thioether (sulfide) groups is 1. The van der Waals surface area contributed by atoms with E-state index in [1.54, 1.807) is 11.8 Å². The summed E-state index contributed by atoms with van der Waals surface area (Å²) < 4.78 is 0. The number of carbonyl (C=O) groups is 1. The zero-order valence-electron chi connectivity index (χ0n) is 8.14. The minimum atomic E-state index is 0.188. The van der Waals surface area contributed by atoms with Gasteiger partial charge in [-0.15, -0.1) is 0 Å². The van der Waals surface area contributed by atoms with Crippen LogP contribution in [0.15, 0.2) is 0 Å². The normalized spacial score (nSPS) is 10.0. The van der Waals surface area contributed by atoms with Gasteiger partial charge in [-0.1, -0.05) is 22.4 Å². The van der Waals surface area contributed by atoms with Gasteiger partial charge in [0, 0.05) is 24.0 Å². The third-order valence-corrected chi connectivity index (χ3v) is 2.84. The minimum absolute atomic E-state index is 0.188. The van der Waals surface area contributed by atoms with Crippen LogP contribution in [0.5, 0.6) is 0 Å². The first-order valence-electron chi connectivity index (χ1n) is 4.63. The van der Waals surface area contributed by atoms with Crippen LogP contribution in [-0.4, -0.2) is 29.8 Å². The van der Waals surface area contributed by atoms with E-state index < -0.39 is 0 Å². The highest BCUT2D eigenvalue weighted by Crippen LogP contribution is 1.98. The van der Waals surface area contributed by atoms with Gasteiger partial charge in [-0.3, -0.25) is 4.79 Å². The third-order valence-electron chi connectivity index (χ3n) is 1.67. The van der Waals surface area contributed by atoms with Gasteiger partial charge in [-0.05, 0) is 19.1 Å². The summed E-state index contributed by atoms with van der Waals surface area (Å²) in [5.41, 5.74) is 0. The lowest BCUT2D eigenvalue weighted by Gasteiger charge is -2.03. The van der Waals surface area contributed by atoms with Gasteiger partial charge in [-0.2, -0.15) is 11.8 Å². The molecule has 0 heterocycles. The second-order valence-electron chi connectivity index (χ2n) is 2.84. The largest absolute Gasteiger partial charge is 0.356 e. The molecule has 0 aromatic heterocycles. The van der Waals surface area contributed by atoms with Crippen molar-refractivity contribution in [1.82, 2.24) is 5.32 Å². The van der Waals surface area contributed by atoms with Gasteiger partial charge < -0.3 is 5.32 Å². The molecule has 0 rings (SSSR count). The first-order valence-corrected chi connectivity index (χ1v) is 7.14. The molecule has 0 saturated carbocycles. The number of rotatable bonds is 8. The Morgan fingerprint density at radius 2 is 2.15 bits per heavy atom. The average molecular weight is 268 g/mol. The molecular weight excluding hydrogens is 250 g/mol. The molecule has 2 nitrogen and oxygen atoms in total. The van der Waals surface area contributed by atoms with Crippen LogP contribution in [-0.2, 0) is 4.79 Å². The number of amides is 1. The molecule has 0 saturated heterocycles. The van der Waals surface area contributed by atoms with Crippen molar-refractivity contribution < 1.29 is 4.79 Å². The van der Waals surface area contributed by atoms with Crippen molar-refractivity contribution in [1.29, 1.82) is 0 Å². The highest BCUT2D eigenvalue weighted by Gasteiger charge is 1.98. The van der Waals surface area contributed by atoms with Crippen molar-refractivity contribution in [3.05, 3.63) is 0 Å². The van der Waals surface area contributed by atoms with Gasteiger partial charge in [0.2, 0.25) is 5.91 Å². The van der Waals surface area contributed by atoms with Crippen LogP contribution in [0.4, 0.5) is 0 Å². The monoisotopic (exact) mass is 267 g/mol. The van der Waals surface area contributed by atoms with Crippen molar-refractivity contribution in [2.45, 2.75) is 25.7 Å². The number of hydrogen-bond acceptors (Lipinski definition) is 2. The molecule has 0 aliphatic rings. The molecular formula is C9H18BrNOS. The van der Waals surface area contributed by atoms with Gasteiger partial charge in [0.05, 0.1) is 0 Å². The van der Waals surface area contributed by atoms with Crippen LogP contribution < -0.4 is 5.32 Å². The maximum atomic E-state index is 11.1. The standard InChI is InChI=1S/C9H18BrNOS/c1-13-8-5-9(12)11-7-4-2-3-6-10/h2-8H2,1H3,(H,11,12). The van der Waals surface area contributed by atoms with Crippen LogP contribution in [0.1, 0.15) is 25.7 Å². The smallest absolute Gasteiger partial charge is 0.220 e. The summed E-state index contributed by atoms with van der Waals surface area (Å²) >= 11 is 5.08. The predicted octanol–water partition coefficient (Wildman–Crippen LogP) is 2.42. The molecule has 13 heavy (non-hydrogen) atoms. The molecule has 78 valence electrons. The Bertz CT molecular complexity index is 133. The van der Waals surface area contributed by atoms with Crippen molar-refractivity contribution in [3.8, 4) is 0 Å². The van der Waals surface area contributed by atoms with Gasteiger partial charge in [0.1, 0.15) is 0 Å². The highest BCUT2D eigenvalue weighted by molar-refractivity contribution is 9.09. The van der Waals surface area contributed by atoms with Gasteiger partial charge in [0.15, 0.2) is 0 Å². The van der Waals surface area contributed by atoms with E-state index in [1.807, 2.05) is 6.26 Å². The Kier molecular flexibility index (Phi) is 10.6. The fraction of sp³-hybridized carbons (Fsp3) is 0.889. The molecule has 0 bridgehead atoms. The Morgan fingerprint density at radius 3 is 2.77 bits per heavy atom. The molecule has 0 unspecified atom stereocenters. The molecule has 0 aliphatic heterocycles. The fourth-order valence-corrected chi connectivity index (χ4v) is 1.69. The zero-order chi connectivity index (χ0) is 9.94. The van der Waals surface area contributed by atoms with E-state index >= 15 is 0 Å². The summed E-state index contributed by atoms with van der Waals surface area (Å²) in [6.45, 7) is 0.834. The minimum Gasteiger partial charge on any atom is -0.356 e. The van der Waals surface area contributed by atoms with E-state index in [1.165, 1.54) is 12.8 Å². The predicted molar refractivity (Wildman–Crippen MR) is 63.7 cm³/mol. The summed E-state index contributed by atoms with van der Waals surface area (Å²) in [6, 6.07) is 0. The average Bonchev–Trinajstić information content (AvgIpc) is 2.14. The Labute approximate surface area is 93.4 Å². The van der Waals surface area contributed by atoms with E-state index in [2.05, 4.69) is 21.2 Å². The molecule has 0 aliphatic carbocycles. The van der Waals surface area contributed by atoms with E-state index in [4.69, 9.17) is 0 Å². The molecule has 1 amide bonds. The molecule has 0 fully saturated rings. The van der Waals surface area contributed by atoms with E-state index in [9.17, 15) is 4.79 Å². The Balaban J connectivity index is 3.08. The number of alkyl halides is 1. The Hall–Kier alpha value is 0.300. The maximum absolute atomic E-state index is 11.1. The first kappa shape index (κ1) is 13.3. The summed E-state index contributed by atoms with van der Waals surface area (Å²) in [6.07, 6.45) is 6.15. The van der Waals surface area contributed by atoms with Crippen LogP contribution in [0.2, 0.25) is 0 Å². The number of halogens is 1. The summed E-state index contributed by atoms with van der Waals surface area (Å²) in [5, 5.41) is 3.97. The lowest BCUT2D eigenvalue weighted by Crippen LogP contribution is -2.24. The maximum Gasteiger partial charge on any atom is 0.220 e. The van der Waals surface area contributed by atoms with Crippen LogP contribution in [0, 0.1) is 0 Å². The number of nitrogens with one attached hydrogen (secondary N) is 1. The molecule has 0 spiro atoms. The number of carbonyl (C=O) groups excluding carboxylic acids is 1.